The van der Waals surface area contributed by atoms with E-state index >= 15 is 0 Å². The fourth-order valence-electron chi connectivity index (χ4n) is 2.83. The first kappa shape index (κ1) is 27.5. The Kier molecular flexibility index (Phi) is 8.18. The summed E-state index contributed by atoms with van der Waals surface area (Å²) in [6, 6.07) is 5.09. The minimum atomic E-state index is -4.47. The molecule has 184 valence electrons. The predicted octanol–water partition coefficient (Wildman–Crippen LogP) is 4.81. The number of benzene rings is 1. The zero-order valence-corrected chi connectivity index (χ0v) is 24.1. The van der Waals surface area contributed by atoms with Gasteiger partial charge in [-0.25, -0.2) is 0 Å². The molecule has 0 saturated heterocycles. The number of hydrogen-bond acceptors (Lipinski definition) is 8. The Hall–Kier alpha value is -1.78. The van der Waals surface area contributed by atoms with Gasteiger partial charge in [0.1, 0.15) is 0 Å². The summed E-state index contributed by atoms with van der Waals surface area (Å²) in [6.07, 6.45) is 1.42. The van der Waals surface area contributed by atoms with Gasteiger partial charge in [-0.1, -0.05) is 0 Å². The van der Waals surface area contributed by atoms with E-state index in [1.807, 2.05) is 41.5 Å². The predicted molar refractivity (Wildman–Crippen MR) is 126 cm³/mol. The van der Waals surface area contributed by atoms with Gasteiger partial charge in [0.2, 0.25) is 0 Å². The summed E-state index contributed by atoms with van der Waals surface area (Å²) in [5, 5.41) is 0. The van der Waals surface area contributed by atoms with Crippen molar-refractivity contribution < 1.29 is 31.4 Å². The van der Waals surface area contributed by atoms with Gasteiger partial charge in [-0.2, -0.15) is 0 Å². The minimum absolute atomic E-state index is 0.130. The van der Waals surface area contributed by atoms with Crippen LogP contribution < -0.4 is 6.15 Å². The molecule has 33 heavy (non-hydrogen) atoms. The molecule has 1 aliphatic heterocycles. The molecule has 0 unspecified atom stereocenters. The van der Waals surface area contributed by atoms with E-state index in [1.54, 1.807) is 45.9 Å². The van der Waals surface area contributed by atoms with Gasteiger partial charge in [-0.05, 0) is 0 Å². The molecule has 1 heterocycles. The Morgan fingerprint density at radius 3 is 1.88 bits per heavy atom. The van der Waals surface area contributed by atoms with Crippen LogP contribution in [0.3, 0.4) is 0 Å². The Labute approximate surface area is 202 Å². The van der Waals surface area contributed by atoms with Gasteiger partial charge in [-0.15, -0.1) is 0 Å². The maximum atomic E-state index is 12.7. The Bertz CT molecular complexity index is 900. The third-order valence-electron chi connectivity index (χ3n) is 3.73. The van der Waals surface area contributed by atoms with Crippen molar-refractivity contribution in [1.29, 1.82) is 0 Å². The zero-order chi connectivity index (χ0) is 25.2. The fourth-order valence-corrected chi connectivity index (χ4v) is 10.3. The second-order valence-corrected chi connectivity index (χ2v) is 15.8. The van der Waals surface area contributed by atoms with Crippen molar-refractivity contribution in [1.82, 2.24) is 0 Å². The van der Waals surface area contributed by atoms with Crippen molar-refractivity contribution in [2.45, 2.75) is 86.0 Å². The van der Waals surface area contributed by atoms with Crippen molar-refractivity contribution in [2.75, 3.05) is 6.61 Å². The van der Waals surface area contributed by atoms with Gasteiger partial charge in [0.25, 0.3) is 0 Å². The summed E-state index contributed by atoms with van der Waals surface area (Å²) >= 11 is -4.47. The third kappa shape index (κ3) is 8.50. The van der Waals surface area contributed by atoms with Crippen LogP contribution in [-0.4, -0.2) is 55.4 Å². The molecule has 0 N–H and O–H groups in total. The first-order valence-corrected chi connectivity index (χ1v) is 15.6. The number of rotatable bonds is 6. The second kappa shape index (κ2) is 9.83. The van der Waals surface area contributed by atoms with E-state index in [-0.39, 0.29) is 12.2 Å². The molecule has 1 aliphatic rings. The summed E-state index contributed by atoms with van der Waals surface area (Å²) in [6.45, 7) is 18.4. The molecular weight excluding hydrogens is 535 g/mol. The number of hydrogen-bond donors (Lipinski definition) is 0. The monoisotopic (exact) mass is 572 g/mol. The SMILES string of the molecule is CCOC(=O)/C(=C/c1ccc2c(c1)[O][Sn]([O]C(C)(C)C)([O]C(C)(C)C)[O]2)C(=O)OC(C)(C)C. The van der Waals surface area contributed by atoms with E-state index in [9.17, 15) is 9.59 Å². The summed E-state index contributed by atoms with van der Waals surface area (Å²) in [5.74, 6) is -0.601. The van der Waals surface area contributed by atoms with Crippen LogP contribution in [0.25, 0.3) is 6.08 Å². The molecule has 0 fully saturated rings. The van der Waals surface area contributed by atoms with E-state index in [2.05, 4.69) is 0 Å². The molecule has 0 amide bonds. The van der Waals surface area contributed by atoms with Crippen LogP contribution in [0.2, 0.25) is 0 Å². The molecule has 0 aromatic heterocycles. The normalized spacial score (nSPS) is 15.9. The molecule has 0 radical (unpaired) electrons. The molecule has 0 saturated carbocycles. The summed E-state index contributed by atoms with van der Waals surface area (Å²) < 4.78 is 35.2. The van der Waals surface area contributed by atoms with Crippen molar-refractivity contribution in [3.05, 3.63) is 29.3 Å². The summed E-state index contributed by atoms with van der Waals surface area (Å²) in [5.41, 5.74) is -1.52. The number of ether oxygens (including phenoxy) is 2. The van der Waals surface area contributed by atoms with E-state index < -0.39 is 48.8 Å². The first-order chi connectivity index (χ1) is 14.9. The first-order valence-electron chi connectivity index (χ1n) is 11.0. The van der Waals surface area contributed by atoms with E-state index in [0.29, 0.717) is 17.1 Å². The molecule has 1 aromatic rings. The zero-order valence-electron chi connectivity index (χ0n) is 21.3. The molecule has 8 nitrogen and oxygen atoms in total. The number of carbonyl (C=O) groups is 2. The topological polar surface area (TPSA) is 89.5 Å². The Morgan fingerprint density at radius 2 is 1.39 bits per heavy atom. The molecule has 9 heteroatoms. The van der Waals surface area contributed by atoms with Gasteiger partial charge < -0.3 is 0 Å². The van der Waals surface area contributed by atoms with E-state index in [4.69, 9.17) is 21.8 Å². The van der Waals surface area contributed by atoms with Crippen LogP contribution in [0.15, 0.2) is 23.8 Å². The number of fused-ring (bicyclic) bond motifs is 1. The van der Waals surface area contributed by atoms with Crippen LogP contribution >= 0.6 is 0 Å². The number of carbonyl (C=O) groups excluding carboxylic acids is 2. The quantitative estimate of drug-likeness (QED) is 0.158. The molecule has 1 aromatic carbocycles. The van der Waals surface area contributed by atoms with Crippen molar-refractivity contribution >= 4 is 38.0 Å². The second-order valence-electron chi connectivity index (χ2n) is 10.6. The molecule has 0 bridgehead atoms. The maximum absolute atomic E-state index is 12.7. The standard InChI is InChI=1S/C16H20O6.2C4H9O.Sn/c1-5-21-14(19)11(15(20)22-16(2,3)4)8-10-6-7-12(17)13(18)9-10;2*1-4(2,3)5;/h6-9,17-18H,5H2,1-4H3;2*1-3H3;/q;2*-1;+4/p-2/b11-8-;;;. The molecule has 0 atom stereocenters. The van der Waals surface area contributed by atoms with Crippen molar-refractivity contribution in [2.24, 2.45) is 0 Å². The Morgan fingerprint density at radius 1 is 0.848 bits per heavy atom. The van der Waals surface area contributed by atoms with Crippen LogP contribution in [0.4, 0.5) is 0 Å². The van der Waals surface area contributed by atoms with Gasteiger partial charge in [0, 0.05) is 0 Å². The van der Waals surface area contributed by atoms with Crippen LogP contribution in [-0.2, 0) is 25.2 Å². The van der Waals surface area contributed by atoms with Gasteiger partial charge in [-0.3, -0.25) is 0 Å². The molecule has 0 spiro atoms. The van der Waals surface area contributed by atoms with Crippen LogP contribution in [0.5, 0.6) is 11.5 Å². The molecule has 0 aliphatic carbocycles. The van der Waals surface area contributed by atoms with Crippen LogP contribution in [0.1, 0.15) is 74.8 Å². The van der Waals surface area contributed by atoms with Gasteiger partial charge >= 0.3 is 203 Å². The Balaban J connectivity index is 2.42. The average Bonchev–Trinajstić information content (AvgIpc) is 2.90. The fraction of sp³-hybridized carbons (Fsp3) is 0.583. The van der Waals surface area contributed by atoms with E-state index in [0.717, 1.165) is 0 Å². The summed E-state index contributed by atoms with van der Waals surface area (Å²) in [4.78, 5) is 25.1. The van der Waals surface area contributed by atoms with Crippen LogP contribution in [0, 0.1) is 0 Å². The van der Waals surface area contributed by atoms with Crippen molar-refractivity contribution in [3.63, 3.8) is 0 Å². The molecular formula is C24H36O8Sn. The average molecular weight is 571 g/mol. The van der Waals surface area contributed by atoms with Crippen molar-refractivity contribution in [3.8, 4) is 11.5 Å². The molecule has 2 rings (SSSR count). The summed E-state index contributed by atoms with van der Waals surface area (Å²) in [7, 11) is 0. The number of esters is 2. The van der Waals surface area contributed by atoms with Gasteiger partial charge in [0.15, 0.2) is 0 Å². The van der Waals surface area contributed by atoms with Gasteiger partial charge in [0.05, 0.1) is 0 Å². The third-order valence-corrected chi connectivity index (χ3v) is 11.3. The van der Waals surface area contributed by atoms with E-state index in [1.165, 1.54) is 6.08 Å².